The lowest BCUT2D eigenvalue weighted by atomic mass is 10.2. The molecule has 62 valence electrons. The number of hydrogen-bond donors (Lipinski definition) is 1. The van der Waals surface area contributed by atoms with E-state index in [1.807, 2.05) is 11.5 Å². The quantitative estimate of drug-likeness (QED) is 0.697. The van der Waals surface area contributed by atoms with Crippen molar-refractivity contribution in [1.29, 1.82) is 0 Å². The number of rotatable bonds is 3. The van der Waals surface area contributed by atoms with Crippen molar-refractivity contribution in [2.24, 2.45) is 5.73 Å². The second kappa shape index (κ2) is 3.48. The van der Waals surface area contributed by atoms with Gasteiger partial charge in [0.1, 0.15) is 12.2 Å². The van der Waals surface area contributed by atoms with E-state index in [0.29, 0.717) is 0 Å². The summed E-state index contributed by atoms with van der Waals surface area (Å²) in [7, 11) is 0. The van der Waals surface area contributed by atoms with Gasteiger partial charge in [-0.1, -0.05) is 6.92 Å². The first-order valence-corrected chi connectivity index (χ1v) is 3.92. The Bertz CT molecular complexity index is 218. The van der Waals surface area contributed by atoms with Gasteiger partial charge in [-0.2, -0.15) is 0 Å². The van der Waals surface area contributed by atoms with Gasteiger partial charge in [0.2, 0.25) is 0 Å². The molecule has 0 spiro atoms. The zero-order chi connectivity index (χ0) is 8.27. The Morgan fingerprint density at radius 2 is 2.36 bits per heavy atom. The molecular weight excluding hydrogens is 140 g/mol. The van der Waals surface area contributed by atoms with Crippen LogP contribution in [-0.4, -0.2) is 14.8 Å². The van der Waals surface area contributed by atoms with E-state index in [2.05, 4.69) is 17.1 Å². The molecule has 0 amide bonds. The minimum atomic E-state index is 0.0254. The zero-order valence-corrected chi connectivity index (χ0v) is 6.99. The Balaban J connectivity index is 2.83. The Morgan fingerprint density at radius 3 is 2.91 bits per heavy atom. The van der Waals surface area contributed by atoms with Crippen molar-refractivity contribution in [2.45, 2.75) is 32.9 Å². The van der Waals surface area contributed by atoms with Gasteiger partial charge in [0.25, 0.3) is 0 Å². The highest BCUT2D eigenvalue weighted by Gasteiger charge is 2.09. The molecule has 1 aromatic heterocycles. The minimum Gasteiger partial charge on any atom is -0.321 e. The number of hydrogen-bond acceptors (Lipinski definition) is 3. The van der Waals surface area contributed by atoms with E-state index in [-0.39, 0.29) is 6.04 Å². The summed E-state index contributed by atoms with van der Waals surface area (Å²) in [5.74, 6) is 0.884. The van der Waals surface area contributed by atoms with E-state index >= 15 is 0 Å². The molecule has 0 radical (unpaired) electrons. The molecule has 1 atom stereocenters. The van der Waals surface area contributed by atoms with Gasteiger partial charge in [0, 0.05) is 6.54 Å². The smallest absolute Gasteiger partial charge is 0.149 e. The van der Waals surface area contributed by atoms with Gasteiger partial charge in [0.05, 0.1) is 6.04 Å². The molecule has 2 N–H and O–H groups in total. The monoisotopic (exact) mass is 154 g/mol. The summed E-state index contributed by atoms with van der Waals surface area (Å²) in [5.41, 5.74) is 5.79. The van der Waals surface area contributed by atoms with Crippen molar-refractivity contribution >= 4 is 0 Å². The Morgan fingerprint density at radius 1 is 1.64 bits per heavy atom. The molecule has 0 aliphatic heterocycles. The largest absolute Gasteiger partial charge is 0.321 e. The first-order chi connectivity index (χ1) is 5.29. The van der Waals surface area contributed by atoms with E-state index in [1.54, 1.807) is 6.33 Å². The molecular formula is C7H14N4. The lowest BCUT2D eigenvalue weighted by Gasteiger charge is -2.08. The maximum atomic E-state index is 5.79. The van der Waals surface area contributed by atoms with E-state index in [0.717, 1.165) is 18.8 Å². The van der Waals surface area contributed by atoms with Crippen molar-refractivity contribution in [3.05, 3.63) is 12.2 Å². The van der Waals surface area contributed by atoms with Crippen LogP contribution in [0, 0.1) is 0 Å². The number of aromatic nitrogens is 3. The van der Waals surface area contributed by atoms with Crippen molar-refractivity contribution in [3.8, 4) is 0 Å². The molecule has 0 aromatic carbocycles. The third kappa shape index (κ3) is 1.57. The SMILES string of the molecule is CCC(N)c1nncn1CC. The summed E-state index contributed by atoms with van der Waals surface area (Å²) < 4.78 is 1.97. The summed E-state index contributed by atoms with van der Waals surface area (Å²) >= 11 is 0. The van der Waals surface area contributed by atoms with Crippen LogP contribution in [0.15, 0.2) is 6.33 Å². The minimum absolute atomic E-state index is 0.0254. The molecule has 4 nitrogen and oxygen atoms in total. The van der Waals surface area contributed by atoms with Gasteiger partial charge in [-0.3, -0.25) is 0 Å². The number of aryl methyl sites for hydroxylation is 1. The lowest BCUT2D eigenvalue weighted by Crippen LogP contribution is -2.15. The lowest BCUT2D eigenvalue weighted by molar-refractivity contribution is 0.588. The number of nitrogens with two attached hydrogens (primary N) is 1. The molecule has 0 bridgehead atoms. The molecule has 0 saturated carbocycles. The first-order valence-electron chi connectivity index (χ1n) is 3.92. The van der Waals surface area contributed by atoms with Crippen molar-refractivity contribution in [3.63, 3.8) is 0 Å². The van der Waals surface area contributed by atoms with Crippen LogP contribution in [-0.2, 0) is 6.54 Å². The van der Waals surface area contributed by atoms with Crippen LogP contribution in [0.3, 0.4) is 0 Å². The second-order valence-corrected chi connectivity index (χ2v) is 2.49. The highest BCUT2D eigenvalue weighted by molar-refractivity contribution is 4.92. The normalized spacial score (nSPS) is 13.4. The number of nitrogens with zero attached hydrogens (tertiary/aromatic N) is 3. The molecule has 0 aliphatic carbocycles. The Hall–Kier alpha value is -0.900. The van der Waals surface area contributed by atoms with Crippen LogP contribution in [0.5, 0.6) is 0 Å². The fourth-order valence-corrected chi connectivity index (χ4v) is 0.977. The third-order valence-corrected chi connectivity index (χ3v) is 1.76. The summed E-state index contributed by atoms with van der Waals surface area (Å²) in [6, 6.07) is 0.0254. The van der Waals surface area contributed by atoms with Crippen LogP contribution in [0.25, 0.3) is 0 Å². The van der Waals surface area contributed by atoms with E-state index in [4.69, 9.17) is 5.73 Å². The summed E-state index contributed by atoms with van der Waals surface area (Å²) in [6.07, 6.45) is 2.61. The predicted molar refractivity (Wildman–Crippen MR) is 42.9 cm³/mol. The van der Waals surface area contributed by atoms with E-state index in [1.165, 1.54) is 0 Å². The molecule has 1 heterocycles. The maximum absolute atomic E-state index is 5.79. The van der Waals surface area contributed by atoms with Crippen LogP contribution < -0.4 is 5.73 Å². The standard InChI is InChI=1S/C7H14N4/c1-3-6(8)7-10-9-5-11(7)4-2/h5-6H,3-4,8H2,1-2H3. The molecule has 0 aliphatic rings. The van der Waals surface area contributed by atoms with Crippen LogP contribution in [0.2, 0.25) is 0 Å². The van der Waals surface area contributed by atoms with Crippen molar-refractivity contribution in [1.82, 2.24) is 14.8 Å². The topological polar surface area (TPSA) is 56.7 Å². The fraction of sp³-hybridized carbons (Fsp3) is 0.714. The van der Waals surface area contributed by atoms with Gasteiger partial charge < -0.3 is 10.3 Å². The molecule has 1 rings (SSSR count). The molecule has 0 fully saturated rings. The average Bonchev–Trinajstić information content (AvgIpc) is 2.50. The molecule has 4 heteroatoms. The fourth-order valence-electron chi connectivity index (χ4n) is 0.977. The van der Waals surface area contributed by atoms with Crippen molar-refractivity contribution in [2.75, 3.05) is 0 Å². The van der Waals surface area contributed by atoms with Crippen LogP contribution in [0.4, 0.5) is 0 Å². The zero-order valence-electron chi connectivity index (χ0n) is 6.99. The molecule has 1 unspecified atom stereocenters. The summed E-state index contributed by atoms with van der Waals surface area (Å²) in [6.45, 7) is 4.98. The molecule has 0 saturated heterocycles. The van der Waals surface area contributed by atoms with E-state index < -0.39 is 0 Å². The second-order valence-electron chi connectivity index (χ2n) is 2.49. The van der Waals surface area contributed by atoms with Gasteiger partial charge in [-0.15, -0.1) is 10.2 Å². The summed E-state index contributed by atoms with van der Waals surface area (Å²) in [4.78, 5) is 0. The van der Waals surface area contributed by atoms with Gasteiger partial charge in [-0.25, -0.2) is 0 Å². The molecule has 1 aromatic rings. The van der Waals surface area contributed by atoms with Gasteiger partial charge in [-0.05, 0) is 13.3 Å². The Labute approximate surface area is 66.4 Å². The Kier molecular flexibility index (Phi) is 2.59. The van der Waals surface area contributed by atoms with Gasteiger partial charge >= 0.3 is 0 Å². The first kappa shape index (κ1) is 8.20. The van der Waals surface area contributed by atoms with E-state index in [9.17, 15) is 0 Å². The summed E-state index contributed by atoms with van der Waals surface area (Å²) in [5, 5.41) is 7.74. The van der Waals surface area contributed by atoms with Crippen LogP contribution >= 0.6 is 0 Å². The van der Waals surface area contributed by atoms with Crippen LogP contribution in [0.1, 0.15) is 32.1 Å². The third-order valence-electron chi connectivity index (χ3n) is 1.76. The highest BCUT2D eigenvalue weighted by Crippen LogP contribution is 2.09. The van der Waals surface area contributed by atoms with Gasteiger partial charge in [0.15, 0.2) is 0 Å². The predicted octanol–water partition coefficient (Wildman–Crippen LogP) is 0.708. The highest BCUT2D eigenvalue weighted by atomic mass is 15.3. The average molecular weight is 154 g/mol. The molecule has 11 heavy (non-hydrogen) atoms. The van der Waals surface area contributed by atoms with Crippen molar-refractivity contribution < 1.29 is 0 Å². The maximum Gasteiger partial charge on any atom is 0.149 e.